The van der Waals surface area contributed by atoms with E-state index in [1.54, 1.807) is 6.92 Å². The third-order valence-corrected chi connectivity index (χ3v) is 3.85. The van der Waals surface area contributed by atoms with Crippen LogP contribution in [0.15, 0.2) is 6.20 Å². The van der Waals surface area contributed by atoms with Crippen LogP contribution in [0.3, 0.4) is 0 Å². The molecule has 23 heavy (non-hydrogen) atoms. The normalized spacial score (nSPS) is 11.2. The van der Waals surface area contributed by atoms with E-state index in [4.69, 9.17) is 0 Å². The molecule has 0 atom stereocenters. The summed E-state index contributed by atoms with van der Waals surface area (Å²) in [6.45, 7) is 1.66. The lowest BCUT2D eigenvalue weighted by atomic mass is 10.3. The molecule has 0 saturated carbocycles. The molecule has 2 aromatic rings. The molecule has 1 amide bonds. The van der Waals surface area contributed by atoms with Gasteiger partial charge in [-0.05, 0) is 6.92 Å². The maximum Gasteiger partial charge on any atom is 0.421 e. The number of thiazole rings is 1. The first-order valence-electron chi connectivity index (χ1n) is 6.34. The van der Waals surface area contributed by atoms with Crippen molar-refractivity contribution in [3.8, 4) is 0 Å². The van der Waals surface area contributed by atoms with Gasteiger partial charge in [-0.3, -0.25) is 4.79 Å². The van der Waals surface area contributed by atoms with E-state index in [9.17, 15) is 18.0 Å². The van der Waals surface area contributed by atoms with Crippen molar-refractivity contribution in [2.24, 2.45) is 0 Å². The first-order chi connectivity index (χ1) is 10.8. The second-order valence-electron chi connectivity index (χ2n) is 4.34. The van der Waals surface area contributed by atoms with Crippen molar-refractivity contribution in [1.82, 2.24) is 20.3 Å². The zero-order valence-corrected chi connectivity index (χ0v) is 13.2. The summed E-state index contributed by atoms with van der Waals surface area (Å²) in [6, 6.07) is 0. The number of aryl methyl sites for hydroxylation is 1. The van der Waals surface area contributed by atoms with Gasteiger partial charge in [-0.15, -0.1) is 0 Å². The average Bonchev–Trinajstić information content (AvgIpc) is 2.86. The number of carbonyl (C=O) groups is 1. The van der Waals surface area contributed by atoms with E-state index in [-0.39, 0.29) is 22.7 Å². The molecular weight excluding hydrogens is 333 g/mol. The summed E-state index contributed by atoms with van der Waals surface area (Å²) in [5, 5.41) is 8.31. The molecule has 11 heteroatoms. The van der Waals surface area contributed by atoms with Crippen molar-refractivity contribution in [3.05, 3.63) is 22.5 Å². The van der Waals surface area contributed by atoms with Crippen LogP contribution in [0.25, 0.3) is 0 Å². The van der Waals surface area contributed by atoms with Gasteiger partial charge in [0.1, 0.15) is 16.4 Å². The number of nitrogens with zero attached hydrogens (tertiary/aromatic N) is 3. The molecule has 0 aliphatic rings. The van der Waals surface area contributed by atoms with E-state index in [2.05, 4.69) is 30.9 Å². The molecule has 2 rings (SSSR count). The van der Waals surface area contributed by atoms with Crippen LogP contribution in [0.2, 0.25) is 0 Å². The minimum absolute atomic E-state index is 0.0300. The fourth-order valence-corrected chi connectivity index (χ4v) is 2.56. The lowest BCUT2D eigenvalue weighted by Crippen LogP contribution is -2.17. The van der Waals surface area contributed by atoms with E-state index < -0.39 is 11.7 Å². The van der Waals surface area contributed by atoms with Gasteiger partial charge >= 0.3 is 6.18 Å². The number of nitrogens with one attached hydrogen (secondary N) is 3. The highest BCUT2D eigenvalue weighted by atomic mass is 32.1. The van der Waals surface area contributed by atoms with Crippen LogP contribution in [0.1, 0.15) is 21.1 Å². The summed E-state index contributed by atoms with van der Waals surface area (Å²) in [5.74, 6) is -0.725. The molecular formula is C12H13F3N6OS. The quantitative estimate of drug-likeness (QED) is 0.787. The van der Waals surface area contributed by atoms with E-state index in [1.807, 2.05) is 0 Å². The molecule has 0 aromatic carbocycles. The second kappa shape index (κ2) is 6.36. The predicted molar refractivity (Wildman–Crippen MR) is 80.1 cm³/mol. The summed E-state index contributed by atoms with van der Waals surface area (Å²) in [4.78, 5) is 23.1. The van der Waals surface area contributed by atoms with Crippen LogP contribution in [-0.4, -0.2) is 35.0 Å². The van der Waals surface area contributed by atoms with E-state index >= 15 is 0 Å². The lowest BCUT2D eigenvalue weighted by Gasteiger charge is -2.12. The van der Waals surface area contributed by atoms with Crippen LogP contribution in [0.4, 0.5) is 29.9 Å². The Morgan fingerprint density at radius 1 is 1.26 bits per heavy atom. The molecule has 3 N–H and O–H groups in total. The van der Waals surface area contributed by atoms with Gasteiger partial charge in [0, 0.05) is 20.3 Å². The van der Waals surface area contributed by atoms with Crippen molar-refractivity contribution in [2.75, 3.05) is 24.7 Å². The number of carbonyl (C=O) groups excluding carboxylic acids is 1. The molecule has 0 saturated heterocycles. The number of rotatable bonds is 4. The minimum atomic E-state index is -4.55. The van der Waals surface area contributed by atoms with Gasteiger partial charge in [0.05, 0.1) is 5.69 Å². The third-order valence-electron chi connectivity index (χ3n) is 2.77. The summed E-state index contributed by atoms with van der Waals surface area (Å²) in [5.41, 5.74) is -0.444. The maximum atomic E-state index is 12.8. The Kier molecular flexibility index (Phi) is 4.68. The molecule has 2 aromatic heterocycles. The standard InChI is InChI=1S/C12H13F3N6OS/c1-5-9(23-10(19-5)8(22)17-3)21-11-18-4-6(12(13,14)15)7(16-2)20-11/h4H,1-3H3,(H,17,22)(H2,16,18,20,21). The number of hydrogen-bond donors (Lipinski definition) is 3. The van der Waals surface area contributed by atoms with Crippen molar-refractivity contribution in [2.45, 2.75) is 13.1 Å². The highest BCUT2D eigenvalue weighted by Crippen LogP contribution is 2.34. The molecule has 0 unspecified atom stereocenters. The largest absolute Gasteiger partial charge is 0.421 e. The van der Waals surface area contributed by atoms with Gasteiger partial charge in [0.15, 0.2) is 5.01 Å². The zero-order valence-electron chi connectivity index (χ0n) is 12.4. The number of aromatic nitrogens is 3. The molecule has 7 nitrogen and oxygen atoms in total. The van der Waals surface area contributed by atoms with Crippen molar-refractivity contribution >= 4 is 34.0 Å². The first kappa shape index (κ1) is 16.9. The monoisotopic (exact) mass is 346 g/mol. The molecule has 2 heterocycles. The van der Waals surface area contributed by atoms with Crippen LogP contribution in [0.5, 0.6) is 0 Å². The van der Waals surface area contributed by atoms with Crippen molar-refractivity contribution in [3.63, 3.8) is 0 Å². The lowest BCUT2D eigenvalue weighted by molar-refractivity contribution is -0.137. The van der Waals surface area contributed by atoms with Gasteiger partial charge in [-0.1, -0.05) is 11.3 Å². The highest BCUT2D eigenvalue weighted by molar-refractivity contribution is 7.17. The highest BCUT2D eigenvalue weighted by Gasteiger charge is 2.35. The summed E-state index contributed by atoms with van der Waals surface area (Å²) >= 11 is 1.05. The van der Waals surface area contributed by atoms with Crippen LogP contribution >= 0.6 is 11.3 Å². The smallest absolute Gasteiger partial charge is 0.372 e. The van der Waals surface area contributed by atoms with Crippen molar-refractivity contribution < 1.29 is 18.0 Å². The van der Waals surface area contributed by atoms with Gasteiger partial charge in [0.25, 0.3) is 5.91 Å². The van der Waals surface area contributed by atoms with Gasteiger partial charge in [-0.2, -0.15) is 18.2 Å². The summed E-state index contributed by atoms with van der Waals surface area (Å²) in [7, 11) is 2.81. The first-order valence-corrected chi connectivity index (χ1v) is 7.16. The average molecular weight is 346 g/mol. The number of alkyl halides is 3. The molecule has 0 fully saturated rings. The molecule has 0 bridgehead atoms. The SMILES string of the molecule is CNC(=O)c1nc(C)c(Nc2ncc(C(F)(F)F)c(NC)n2)s1. The number of hydrogen-bond acceptors (Lipinski definition) is 7. The van der Waals surface area contributed by atoms with E-state index in [0.717, 1.165) is 11.3 Å². The number of anilines is 3. The number of halogens is 3. The van der Waals surface area contributed by atoms with Crippen LogP contribution < -0.4 is 16.0 Å². The Morgan fingerprint density at radius 3 is 2.52 bits per heavy atom. The van der Waals surface area contributed by atoms with Crippen LogP contribution in [0, 0.1) is 6.92 Å². The summed E-state index contributed by atoms with van der Waals surface area (Å²) in [6.07, 6.45) is -3.86. The van der Waals surface area contributed by atoms with Gasteiger partial charge in [0.2, 0.25) is 5.95 Å². The number of amides is 1. The molecule has 0 aliphatic heterocycles. The van der Waals surface area contributed by atoms with Gasteiger partial charge < -0.3 is 16.0 Å². The molecule has 0 radical (unpaired) electrons. The molecule has 0 aliphatic carbocycles. The van der Waals surface area contributed by atoms with Crippen molar-refractivity contribution in [1.29, 1.82) is 0 Å². The Balaban J connectivity index is 2.31. The summed E-state index contributed by atoms with van der Waals surface area (Å²) < 4.78 is 38.4. The van der Waals surface area contributed by atoms with E-state index in [1.165, 1.54) is 14.1 Å². The predicted octanol–water partition coefficient (Wildman–Crippen LogP) is 2.41. The third kappa shape index (κ3) is 3.67. The van der Waals surface area contributed by atoms with E-state index in [0.29, 0.717) is 16.9 Å². The fraction of sp³-hybridized carbons (Fsp3) is 0.333. The fourth-order valence-electron chi connectivity index (χ4n) is 1.66. The Hall–Kier alpha value is -2.43. The van der Waals surface area contributed by atoms with Crippen LogP contribution in [-0.2, 0) is 6.18 Å². The topological polar surface area (TPSA) is 91.8 Å². The minimum Gasteiger partial charge on any atom is -0.372 e. The maximum absolute atomic E-state index is 12.8. The Labute approximate surface area is 133 Å². The zero-order chi connectivity index (χ0) is 17.2. The van der Waals surface area contributed by atoms with Gasteiger partial charge in [-0.25, -0.2) is 9.97 Å². The molecule has 0 spiro atoms. The Bertz CT molecular complexity index is 730. The Morgan fingerprint density at radius 2 is 1.96 bits per heavy atom. The molecule has 124 valence electrons. The second-order valence-corrected chi connectivity index (χ2v) is 5.34.